The van der Waals surface area contributed by atoms with Crippen LogP contribution in [0.15, 0.2) is 96.0 Å². The van der Waals surface area contributed by atoms with Gasteiger partial charge in [0.05, 0.1) is 46.6 Å². The smallest absolute Gasteiger partial charge is 0.270 e. The number of benzene rings is 5. The van der Waals surface area contributed by atoms with Crippen LogP contribution in [0.5, 0.6) is 17.2 Å². The second-order valence-corrected chi connectivity index (χ2v) is 20.7. The number of hydrogen-bond acceptors (Lipinski definition) is 9. The first-order valence-corrected chi connectivity index (χ1v) is 22.9. The zero-order valence-corrected chi connectivity index (χ0v) is 34.3. The quantitative estimate of drug-likeness (QED) is 0.0822. The average molecular weight is 818 g/mol. The van der Waals surface area contributed by atoms with Crippen LogP contribution in [0.4, 0.5) is 28.4 Å². The second-order valence-electron chi connectivity index (χ2n) is 14.5. The molecule has 4 aliphatic heterocycles. The van der Waals surface area contributed by atoms with Crippen molar-refractivity contribution in [3.63, 3.8) is 0 Å². The molecule has 9 rings (SSSR count). The largest absolute Gasteiger partial charge is 0.493 e. The minimum atomic E-state index is -0.804. The highest BCUT2D eigenvalue weighted by atomic mass is 32.4. The van der Waals surface area contributed by atoms with Crippen molar-refractivity contribution in [2.75, 3.05) is 28.1 Å². The molecule has 0 saturated carbocycles. The Morgan fingerprint density at radius 1 is 0.789 bits per heavy atom. The number of methoxy groups -OCH3 is 1. The van der Waals surface area contributed by atoms with Gasteiger partial charge in [-0.3, -0.25) is 29.6 Å². The maximum Gasteiger partial charge on any atom is 0.270 e. The number of nitro groups is 1. The van der Waals surface area contributed by atoms with Crippen LogP contribution in [0, 0.1) is 17.0 Å². The summed E-state index contributed by atoms with van der Waals surface area (Å²) in [6.07, 6.45) is 3.27. The van der Waals surface area contributed by atoms with E-state index >= 15 is 0 Å². The summed E-state index contributed by atoms with van der Waals surface area (Å²) in [5, 5.41) is 12.1. The van der Waals surface area contributed by atoms with Gasteiger partial charge in [-0.25, -0.2) is 0 Å². The zero-order valence-electron chi connectivity index (χ0n) is 31.1. The van der Waals surface area contributed by atoms with Gasteiger partial charge in [-0.15, -0.1) is 0 Å². The van der Waals surface area contributed by atoms with Crippen LogP contribution in [0.25, 0.3) is 0 Å². The third kappa shape index (κ3) is 6.70. The number of para-hydroxylation sites is 2. The van der Waals surface area contributed by atoms with Gasteiger partial charge < -0.3 is 23.8 Å². The number of amides is 2. The molecule has 0 bridgehead atoms. The number of aliphatic imine (C=N–C) groups is 1. The Balaban J connectivity index is 0.963. The highest BCUT2D eigenvalue weighted by molar-refractivity contribution is 8.43. The van der Waals surface area contributed by atoms with Crippen molar-refractivity contribution in [2.45, 2.75) is 45.1 Å². The van der Waals surface area contributed by atoms with Crippen LogP contribution in [0.2, 0.25) is 0 Å². The lowest BCUT2D eigenvalue weighted by Gasteiger charge is -2.31. The van der Waals surface area contributed by atoms with E-state index in [1.54, 1.807) is 23.1 Å². The van der Waals surface area contributed by atoms with Gasteiger partial charge in [-0.1, -0.05) is 54.3 Å². The predicted molar refractivity (Wildman–Crippen MR) is 229 cm³/mol. The molecule has 288 valence electrons. The number of nitrogens with zero attached hydrogens (tertiary/aromatic N) is 5. The SMILES string of the molecule is COc1cc2c(cc1OCc1cc(COc3cc4c(cc3C)C(=O)N3c5ccccc5C[C@H]3C=N4)cc([N+](=O)[O-])c1)N(P(P)P)C[C@@H]1Cc3ccccc3N1C2=O. The summed E-state index contributed by atoms with van der Waals surface area (Å²) < 4.78 is 20.6. The van der Waals surface area contributed by atoms with E-state index < -0.39 is 12.4 Å². The monoisotopic (exact) mass is 817 g/mol. The van der Waals surface area contributed by atoms with Gasteiger partial charge in [-0.2, -0.15) is 0 Å². The molecule has 2 unspecified atom stereocenters. The number of carbonyl (C=O) groups excluding carboxylic acids is 2. The highest BCUT2D eigenvalue weighted by Crippen LogP contribution is 2.60. The summed E-state index contributed by atoms with van der Waals surface area (Å²) in [6.45, 7) is 2.51. The molecule has 0 N–H and O–H groups in total. The minimum Gasteiger partial charge on any atom is -0.493 e. The molecule has 5 aromatic rings. The van der Waals surface area contributed by atoms with Crippen molar-refractivity contribution in [1.82, 2.24) is 0 Å². The Bertz CT molecular complexity index is 2530. The third-order valence-electron chi connectivity index (χ3n) is 10.9. The van der Waals surface area contributed by atoms with Crippen molar-refractivity contribution in [3.05, 3.63) is 140 Å². The van der Waals surface area contributed by atoms with Gasteiger partial charge in [0.1, 0.15) is 19.0 Å². The van der Waals surface area contributed by atoms with E-state index in [0.717, 1.165) is 40.2 Å². The van der Waals surface area contributed by atoms with Crippen LogP contribution in [0.3, 0.4) is 0 Å². The van der Waals surface area contributed by atoms with Crippen LogP contribution >= 0.6 is 25.3 Å². The number of anilines is 3. The zero-order chi connectivity index (χ0) is 39.5. The van der Waals surface area contributed by atoms with Crippen molar-refractivity contribution in [2.24, 2.45) is 4.99 Å². The van der Waals surface area contributed by atoms with E-state index in [9.17, 15) is 19.7 Å². The molecule has 0 fully saturated rings. The van der Waals surface area contributed by atoms with Gasteiger partial charge in [0.25, 0.3) is 17.5 Å². The fourth-order valence-electron chi connectivity index (χ4n) is 8.27. The van der Waals surface area contributed by atoms with Crippen LogP contribution < -0.4 is 28.7 Å². The molecule has 5 aromatic carbocycles. The predicted octanol–water partition coefficient (Wildman–Crippen LogP) is 8.73. The summed E-state index contributed by atoms with van der Waals surface area (Å²) in [5.74, 6) is 1.09. The normalized spacial score (nSPS) is 17.6. The fourth-order valence-corrected chi connectivity index (χ4v) is 10.4. The maximum atomic E-state index is 14.2. The van der Waals surface area contributed by atoms with E-state index in [-0.39, 0.29) is 42.8 Å². The molecule has 4 atom stereocenters. The van der Waals surface area contributed by atoms with Gasteiger partial charge in [0.15, 0.2) is 11.5 Å². The molecule has 57 heavy (non-hydrogen) atoms. The van der Waals surface area contributed by atoms with Gasteiger partial charge >= 0.3 is 0 Å². The van der Waals surface area contributed by atoms with E-state index in [0.29, 0.717) is 58.2 Å². The highest BCUT2D eigenvalue weighted by Gasteiger charge is 2.41. The van der Waals surface area contributed by atoms with Crippen LogP contribution in [-0.2, 0) is 26.1 Å². The molecule has 2 amide bonds. The standard InChI is InChI=1S/C42H38N5O7P3/c1-24-11-32-34(43-20-30-15-27-7-3-5-9-35(27)45(30)41(32)48)18-38(24)53-22-25-12-26(14-29(13-25)47(50)51)23-54-40-19-37-33(17-39(40)52-2)42(49)46-31(21-44(37)57(55)56)16-28-8-4-6-10-36(28)46/h3-14,17-20,30-31H,15-16,21-23,55-56H2,1-2H3/t30-,31-/m0/s1. The summed E-state index contributed by atoms with van der Waals surface area (Å²) >= 11 is 0. The van der Waals surface area contributed by atoms with Crippen molar-refractivity contribution >= 4 is 71.8 Å². The van der Waals surface area contributed by atoms with Crippen molar-refractivity contribution in [1.29, 1.82) is 0 Å². The number of rotatable bonds is 9. The number of ether oxygens (including phenoxy) is 3. The molecular formula is C42H38N5O7P3. The molecule has 0 aliphatic carbocycles. The number of nitro benzene ring substituents is 1. The summed E-state index contributed by atoms with van der Waals surface area (Å²) in [7, 11) is 6.45. The average Bonchev–Trinajstić information content (AvgIpc) is 3.70. The van der Waals surface area contributed by atoms with Gasteiger partial charge in [-0.05, 0) is 71.5 Å². The summed E-state index contributed by atoms with van der Waals surface area (Å²) in [4.78, 5) is 48.1. The number of aryl methyl sites for hydroxylation is 1. The number of fused-ring (bicyclic) bond motifs is 8. The van der Waals surface area contributed by atoms with E-state index in [1.165, 1.54) is 19.2 Å². The van der Waals surface area contributed by atoms with Crippen molar-refractivity contribution < 1.29 is 28.7 Å². The molecule has 0 saturated heterocycles. The Morgan fingerprint density at radius 3 is 2.12 bits per heavy atom. The molecular weight excluding hydrogens is 779 g/mol. The lowest BCUT2D eigenvalue weighted by Crippen LogP contribution is -2.40. The molecule has 0 radical (unpaired) electrons. The molecule has 0 aromatic heterocycles. The van der Waals surface area contributed by atoms with E-state index in [2.05, 4.69) is 28.6 Å². The lowest BCUT2D eigenvalue weighted by atomic mass is 10.1. The minimum absolute atomic E-state index is 0.00803. The molecule has 4 aliphatic rings. The second kappa shape index (κ2) is 14.8. The first-order valence-electron chi connectivity index (χ1n) is 18.4. The van der Waals surface area contributed by atoms with E-state index in [4.69, 9.17) is 19.2 Å². The number of carbonyl (C=O) groups is 2. The summed E-state index contributed by atoms with van der Waals surface area (Å²) in [6, 6.07) is 27.6. The third-order valence-corrected chi connectivity index (χ3v) is 13.5. The summed E-state index contributed by atoms with van der Waals surface area (Å²) in [5.41, 5.74) is 8.09. The lowest BCUT2D eigenvalue weighted by molar-refractivity contribution is -0.385. The Kier molecular flexibility index (Phi) is 9.68. The van der Waals surface area contributed by atoms with E-state index in [1.807, 2.05) is 72.6 Å². The van der Waals surface area contributed by atoms with Crippen LogP contribution in [0.1, 0.15) is 48.5 Å². The number of hydrogen-bond donors (Lipinski definition) is 0. The molecule has 0 spiro atoms. The van der Waals surface area contributed by atoms with Crippen LogP contribution in [-0.4, -0.2) is 48.7 Å². The molecule has 4 heterocycles. The molecule has 12 nitrogen and oxygen atoms in total. The topological polar surface area (TPSA) is 127 Å². The van der Waals surface area contributed by atoms with Gasteiger partial charge in [0, 0.05) is 62.3 Å². The first-order chi connectivity index (χ1) is 27.6. The maximum absolute atomic E-state index is 14.2. The Labute approximate surface area is 335 Å². The van der Waals surface area contributed by atoms with Crippen molar-refractivity contribution in [3.8, 4) is 17.2 Å². The molecule has 15 heteroatoms. The fraction of sp³-hybridized carbons (Fsp3) is 0.214. The first kappa shape index (κ1) is 37.2. The Morgan fingerprint density at radius 2 is 1.44 bits per heavy atom. The number of non-ortho nitro benzene ring substituents is 1. The van der Waals surface area contributed by atoms with Gasteiger partial charge in [0.2, 0.25) is 0 Å². The Hall–Kier alpha value is -5.40.